The van der Waals surface area contributed by atoms with Gasteiger partial charge in [-0.25, -0.2) is 0 Å². The third-order valence-corrected chi connectivity index (χ3v) is 6.67. The number of nitrogens with zero attached hydrogens (tertiary/aromatic N) is 2. The zero-order chi connectivity index (χ0) is 23.1. The van der Waals surface area contributed by atoms with Gasteiger partial charge in [0.2, 0.25) is 0 Å². The Morgan fingerprint density at radius 1 is 0.576 bits per heavy atom. The van der Waals surface area contributed by atoms with E-state index in [-0.39, 0.29) is 11.2 Å². The maximum absolute atomic E-state index is 6.29. The molecule has 0 N–H and O–H groups in total. The van der Waals surface area contributed by atoms with Gasteiger partial charge in [0.05, 0.1) is 11.2 Å². The molecule has 3 heterocycles. The van der Waals surface area contributed by atoms with Crippen LogP contribution in [-0.2, 0) is 9.31 Å². The van der Waals surface area contributed by atoms with E-state index in [1.54, 1.807) is 12.4 Å². The van der Waals surface area contributed by atoms with Crippen molar-refractivity contribution in [3.63, 3.8) is 0 Å². The number of hydrogen-bond donors (Lipinski definition) is 0. The number of aromatic nitrogens is 2. The molecule has 1 saturated heterocycles. The Kier molecular flexibility index (Phi) is 5.39. The Morgan fingerprint density at radius 2 is 1.06 bits per heavy atom. The van der Waals surface area contributed by atoms with Crippen LogP contribution in [0.3, 0.4) is 0 Å². The lowest BCUT2D eigenvalue weighted by atomic mass is 9.78. The minimum Gasteiger partial charge on any atom is -0.399 e. The maximum atomic E-state index is 6.29. The largest absolute Gasteiger partial charge is 0.494 e. The Labute approximate surface area is 195 Å². The van der Waals surface area contributed by atoms with Crippen molar-refractivity contribution in [2.24, 2.45) is 0 Å². The molecule has 0 radical (unpaired) electrons. The van der Waals surface area contributed by atoms with Crippen LogP contribution in [-0.4, -0.2) is 28.3 Å². The van der Waals surface area contributed by atoms with Crippen molar-refractivity contribution in [3.05, 3.63) is 91.5 Å². The molecular formula is C28H27BN2O2. The number of rotatable bonds is 4. The molecule has 33 heavy (non-hydrogen) atoms. The predicted octanol–water partition coefficient (Wildman–Crippen LogP) is 5.78. The van der Waals surface area contributed by atoms with Crippen LogP contribution in [0.5, 0.6) is 0 Å². The Hall–Kier alpha value is -3.28. The summed E-state index contributed by atoms with van der Waals surface area (Å²) in [6.45, 7) is 8.31. The second-order valence-corrected chi connectivity index (χ2v) is 9.50. The Morgan fingerprint density at radius 3 is 1.55 bits per heavy atom. The first-order chi connectivity index (χ1) is 15.8. The zero-order valence-corrected chi connectivity index (χ0v) is 19.4. The highest BCUT2D eigenvalue weighted by Crippen LogP contribution is 2.37. The highest BCUT2D eigenvalue weighted by molar-refractivity contribution is 6.62. The first-order valence-corrected chi connectivity index (χ1v) is 11.2. The fourth-order valence-corrected chi connectivity index (χ4v) is 4.04. The SMILES string of the molecule is CC1(C)OB(c2cccc(-c3cc(-c4cccnc4)cc(-c4cccnc4)c3)c2)OC1(C)C. The molecule has 0 spiro atoms. The smallest absolute Gasteiger partial charge is 0.399 e. The summed E-state index contributed by atoms with van der Waals surface area (Å²) >= 11 is 0. The molecule has 4 nitrogen and oxygen atoms in total. The van der Waals surface area contributed by atoms with Gasteiger partial charge >= 0.3 is 7.12 Å². The molecule has 0 atom stereocenters. The van der Waals surface area contributed by atoms with Crippen LogP contribution in [0.1, 0.15) is 27.7 Å². The van der Waals surface area contributed by atoms with Crippen molar-refractivity contribution in [2.75, 3.05) is 0 Å². The minimum atomic E-state index is -0.394. The lowest BCUT2D eigenvalue weighted by Gasteiger charge is -2.32. The van der Waals surface area contributed by atoms with Gasteiger partial charge in [-0.2, -0.15) is 0 Å². The quantitative estimate of drug-likeness (QED) is 0.382. The predicted molar refractivity (Wildman–Crippen MR) is 134 cm³/mol. The summed E-state index contributed by atoms with van der Waals surface area (Å²) in [5.41, 5.74) is 6.87. The molecule has 2 aromatic heterocycles. The van der Waals surface area contributed by atoms with Gasteiger partial charge in [0.15, 0.2) is 0 Å². The average molecular weight is 434 g/mol. The monoisotopic (exact) mass is 434 g/mol. The van der Waals surface area contributed by atoms with Crippen LogP contribution in [0.4, 0.5) is 0 Å². The van der Waals surface area contributed by atoms with Crippen LogP contribution in [0, 0.1) is 0 Å². The highest BCUT2D eigenvalue weighted by atomic mass is 16.7. The summed E-state index contributed by atoms with van der Waals surface area (Å²) in [6, 6.07) is 23.1. The first kappa shape index (κ1) is 21.6. The van der Waals surface area contributed by atoms with Crippen LogP contribution in [0.2, 0.25) is 0 Å². The van der Waals surface area contributed by atoms with E-state index in [1.165, 1.54) is 0 Å². The van der Waals surface area contributed by atoms with E-state index < -0.39 is 7.12 Å². The van der Waals surface area contributed by atoms with Crippen molar-refractivity contribution in [1.29, 1.82) is 0 Å². The van der Waals surface area contributed by atoms with E-state index in [1.807, 2.05) is 24.5 Å². The third kappa shape index (κ3) is 4.22. The third-order valence-electron chi connectivity index (χ3n) is 6.67. The Balaban J connectivity index is 1.59. The lowest BCUT2D eigenvalue weighted by molar-refractivity contribution is 0.00578. The lowest BCUT2D eigenvalue weighted by Crippen LogP contribution is -2.41. The molecule has 0 aliphatic carbocycles. The van der Waals surface area contributed by atoms with Crippen molar-refractivity contribution >= 4 is 12.6 Å². The molecule has 5 rings (SSSR count). The molecular weight excluding hydrogens is 407 g/mol. The first-order valence-electron chi connectivity index (χ1n) is 11.2. The van der Waals surface area contributed by atoms with Gasteiger partial charge in [0.25, 0.3) is 0 Å². The Bertz CT molecular complexity index is 1200. The summed E-state index contributed by atoms with van der Waals surface area (Å²) in [6.07, 6.45) is 7.38. The molecule has 5 heteroatoms. The van der Waals surface area contributed by atoms with E-state index in [0.717, 1.165) is 38.8 Å². The molecule has 0 saturated carbocycles. The zero-order valence-electron chi connectivity index (χ0n) is 19.4. The standard InChI is InChI=1S/C28H27BN2O2/c1-27(2)28(3,4)33-29(32-27)26-11-5-8-20(17-26)23-14-24(21-9-6-12-30-18-21)16-25(15-23)22-10-7-13-31-19-22/h5-19H,1-4H3. The summed E-state index contributed by atoms with van der Waals surface area (Å²) < 4.78 is 12.6. The highest BCUT2D eigenvalue weighted by Gasteiger charge is 2.51. The molecule has 1 aliphatic heterocycles. The van der Waals surface area contributed by atoms with Gasteiger partial charge < -0.3 is 9.31 Å². The van der Waals surface area contributed by atoms with Crippen LogP contribution >= 0.6 is 0 Å². The molecule has 4 aromatic rings. The molecule has 0 amide bonds. The van der Waals surface area contributed by atoms with E-state index in [0.29, 0.717) is 0 Å². The molecule has 1 aliphatic rings. The van der Waals surface area contributed by atoms with E-state index in [4.69, 9.17) is 9.31 Å². The number of pyridine rings is 2. The van der Waals surface area contributed by atoms with Crippen LogP contribution < -0.4 is 5.46 Å². The van der Waals surface area contributed by atoms with Crippen molar-refractivity contribution in [3.8, 4) is 33.4 Å². The van der Waals surface area contributed by atoms with Crippen molar-refractivity contribution in [2.45, 2.75) is 38.9 Å². The van der Waals surface area contributed by atoms with Crippen LogP contribution in [0.25, 0.3) is 33.4 Å². The number of hydrogen-bond acceptors (Lipinski definition) is 4. The summed E-state index contributed by atoms with van der Waals surface area (Å²) in [4.78, 5) is 8.63. The molecule has 0 bridgehead atoms. The van der Waals surface area contributed by atoms with Crippen molar-refractivity contribution < 1.29 is 9.31 Å². The van der Waals surface area contributed by atoms with E-state index in [9.17, 15) is 0 Å². The number of benzene rings is 2. The fraction of sp³-hybridized carbons (Fsp3) is 0.214. The second-order valence-electron chi connectivity index (χ2n) is 9.50. The fourth-order valence-electron chi connectivity index (χ4n) is 4.04. The van der Waals surface area contributed by atoms with Gasteiger partial charge in [-0.15, -0.1) is 0 Å². The molecule has 2 aromatic carbocycles. The van der Waals surface area contributed by atoms with Gasteiger partial charge in [-0.1, -0.05) is 36.4 Å². The summed E-state index contributed by atoms with van der Waals surface area (Å²) in [5.74, 6) is 0. The molecule has 164 valence electrons. The summed E-state index contributed by atoms with van der Waals surface area (Å²) in [5, 5.41) is 0. The maximum Gasteiger partial charge on any atom is 0.494 e. The normalized spacial score (nSPS) is 16.7. The van der Waals surface area contributed by atoms with Gasteiger partial charge in [-0.3, -0.25) is 9.97 Å². The second kappa shape index (κ2) is 8.25. The molecule has 0 unspecified atom stereocenters. The van der Waals surface area contributed by atoms with Gasteiger partial charge in [0, 0.05) is 35.9 Å². The molecule has 1 fully saturated rings. The van der Waals surface area contributed by atoms with Gasteiger partial charge in [-0.05, 0) is 85.7 Å². The topological polar surface area (TPSA) is 44.2 Å². The van der Waals surface area contributed by atoms with Crippen LogP contribution in [0.15, 0.2) is 91.5 Å². The van der Waals surface area contributed by atoms with Crippen molar-refractivity contribution in [1.82, 2.24) is 9.97 Å². The summed E-state index contributed by atoms with van der Waals surface area (Å²) in [7, 11) is -0.394. The average Bonchev–Trinajstić information content (AvgIpc) is 3.07. The minimum absolute atomic E-state index is 0.374. The van der Waals surface area contributed by atoms with Gasteiger partial charge in [0.1, 0.15) is 0 Å². The van der Waals surface area contributed by atoms with E-state index >= 15 is 0 Å². The van der Waals surface area contributed by atoms with E-state index in [2.05, 4.69) is 92.3 Å².